The average Bonchev–Trinajstić information content (AvgIpc) is 3.00. The number of aromatic amines is 1. The predicted molar refractivity (Wildman–Crippen MR) is 103 cm³/mol. The fourth-order valence-corrected chi connectivity index (χ4v) is 3.38. The lowest BCUT2D eigenvalue weighted by Crippen LogP contribution is -2.26. The van der Waals surface area contributed by atoms with Gasteiger partial charge in [-0.2, -0.15) is 9.97 Å². The molecule has 0 spiro atoms. The van der Waals surface area contributed by atoms with Crippen LogP contribution in [0.25, 0.3) is 10.3 Å². The second-order valence-corrected chi connectivity index (χ2v) is 7.46. The van der Waals surface area contributed by atoms with Gasteiger partial charge in [-0.1, -0.05) is 55.5 Å². The third-order valence-corrected chi connectivity index (χ3v) is 4.67. The molecule has 0 radical (unpaired) electrons. The fraction of sp³-hybridized carbons (Fsp3) is 0.389. The quantitative estimate of drug-likeness (QED) is 0.561. The lowest BCUT2D eigenvalue weighted by atomic mass is 10.0. The summed E-state index contributed by atoms with van der Waals surface area (Å²) in [5.41, 5.74) is 1.43. The molecule has 0 bridgehead atoms. The molecule has 3 N–H and O–H groups in total. The van der Waals surface area contributed by atoms with Crippen molar-refractivity contribution in [2.45, 2.75) is 32.9 Å². The summed E-state index contributed by atoms with van der Waals surface area (Å²) in [6.45, 7) is 4.48. The molecule has 2 heterocycles. The van der Waals surface area contributed by atoms with E-state index in [1.165, 1.54) is 0 Å². The first-order valence-corrected chi connectivity index (χ1v) is 9.31. The van der Waals surface area contributed by atoms with Crippen molar-refractivity contribution < 1.29 is 9.84 Å². The van der Waals surface area contributed by atoms with Gasteiger partial charge < -0.3 is 15.2 Å². The number of hydrogen-bond donors (Lipinski definition) is 3. The Bertz CT molecular complexity index is 908. The highest BCUT2D eigenvalue weighted by Crippen LogP contribution is 2.25. The summed E-state index contributed by atoms with van der Waals surface area (Å²) in [6, 6.07) is 9.73. The zero-order valence-corrected chi connectivity index (χ0v) is 15.5. The van der Waals surface area contributed by atoms with Crippen LogP contribution in [0.3, 0.4) is 0 Å². The number of hydrogen-bond acceptors (Lipinski definition) is 7. The van der Waals surface area contributed by atoms with Crippen LogP contribution in [0.4, 0.5) is 5.82 Å². The van der Waals surface area contributed by atoms with E-state index in [1.807, 2.05) is 30.3 Å². The number of H-pyrrole nitrogens is 1. The lowest BCUT2D eigenvalue weighted by Gasteiger charge is -2.19. The Balaban J connectivity index is 1.86. The summed E-state index contributed by atoms with van der Waals surface area (Å²) < 4.78 is 6.33. The number of aromatic nitrogens is 3. The van der Waals surface area contributed by atoms with Crippen LogP contribution in [0.5, 0.6) is 6.01 Å². The molecule has 138 valence electrons. The molecular weight excluding hydrogens is 352 g/mol. The van der Waals surface area contributed by atoms with Gasteiger partial charge in [-0.3, -0.25) is 9.78 Å². The second kappa shape index (κ2) is 8.29. The zero-order chi connectivity index (χ0) is 18.5. The minimum atomic E-state index is -0.207. The van der Waals surface area contributed by atoms with Crippen molar-refractivity contribution in [3.05, 3.63) is 45.6 Å². The van der Waals surface area contributed by atoms with E-state index in [0.29, 0.717) is 28.7 Å². The Morgan fingerprint density at radius 3 is 2.73 bits per heavy atom. The van der Waals surface area contributed by atoms with Crippen molar-refractivity contribution in [3.63, 3.8) is 0 Å². The van der Waals surface area contributed by atoms with Gasteiger partial charge in [-0.15, -0.1) is 0 Å². The first-order valence-electron chi connectivity index (χ1n) is 8.50. The minimum Gasteiger partial charge on any atom is -0.458 e. The molecule has 2 aromatic heterocycles. The number of aliphatic hydroxyl groups is 1. The smallest absolute Gasteiger partial charge is 0.320 e. The Labute approximate surface area is 155 Å². The highest BCUT2D eigenvalue weighted by Gasteiger charge is 2.17. The molecule has 0 aliphatic rings. The van der Waals surface area contributed by atoms with Crippen LogP contribution in [-0.4, -0.2) is 32.7 Å². The van der Waals surface area contributed by atoms with Crippen LogP contribution in [0.15, 0.2) is 35.1 Å². The van der Waals surface area contributed by atoms with Gasteiger partial charge >= 0.3 is 10.9 Å². The van der Waals surface area contributed by atoms with E-state index in [1.54, 1.807) is 0 Å². The number of nitrogens with zero attached hydrogens (tertiary/aromatic N) is 2. The molecule has 0 aliphatic heterocycles. The molecule has 1 aromatic carbocycles. The molecule has 0 saturated heterocycles. The van der Waals surface area contributed by atoms with E-state index in [-0.39, 0.29) is 23.5 Å². The van der Waals surface area contributed by atoms with Gasteiger partial charge in [0.15, 0.2) is 11.5 Å². The zero-order valence-electron chi connectivity index (χ0n) is 14.7. The van der Waals surface area contributed by atoms with Crippen molar-refractivity contribution in [2.75, 3.05) is 11.9 Å². The lowest BCUT2D eigenvalue weighted by molar-refractivity contribution is 0.258. The molecule has 0 fully saturated rings. The van der Waals surface area contributed by atoms with E-state index in [4.69, 9.17) is 4.74 Å². The van der Waals surface area contributed by atoms with Gasteiger partial charge in [0.05, 0.1) is 12.6 Å². The van der Waals surface area contributed by atoms with Crippen LogP contribution < -0.4 is 14.9 Å². The number of rotatable bonds is 8. The maximum atomic E-state index is 11.7. The van der Waals surface area contributed by atoms with Crippen LogP contribution in [0.2, 0.25) is 0 Å². The summed E-state index contributed by atoms with van der Waals surface area (Å²) in [5, 5.41) is 12.9. The number of ether oxygens (including phenoxy) is 1. The normalized spacial score (nSPS) is 12.5. The van der Waals surface area contributed by atoms with Crippen LogP contribution >= 0.6 is 11.3 Å². The van der Waals surface area contributed by atoms with Gasteiger partial charge in [0, 0.05) is 0 Å². The summed E-state index contributed by atoms with van der Waals surface area (Å²) in [6.07, 6.45) is 0.779. The summed E-state index contributed by atoms with van der Waals surface area (Å²) in [5.74, 6) is 0.914. The van der Waals surface area contributed by atoms with Crippen LogP contribution in [0.1, 0.15) is 25.8 Å². The summed E-state index contributed by atoms with van der Waals surface area (Å²) in [7, 11) is 0. The Kier molecular flexibility index (Phi) is 5.85. The Morgan fingerprint density at radius 1 is 1.27 bits per heavy atom. The molecule has 3 rings (SSSR count). The SMILES string of the molecule is CC(C)CC(CO)Nc1nc(OCc2ccccc2)nc2[nH]c(=O)sc12. The third-order valence-electron chi connectivity index (χ3n) is 3.79. The molecule has 1 atom stereocenters. The third kappa shape index (κ3) is 4.59. The number of aliphatic hydroxyl groups excluding tert-OH is 1. The minimum absolute atomic E-state index is 0.0246. The molecule has 0 saturated carbocycles. The molecule has 0 amide bonds. The molecule has 3 aromatic rings. The fourth-order valence-electron chi connectivity index (χ4n) is 2.65. The first-order chi connectivity index (χ1) is 12.5. The number of anilines is 1. The molecule has 7 nitrogen and oxygen atoms in total. The highest BCUT2D eigenvalue weighted by atomic mass is 32.1. The van der Waals surface area contributed by atoms with E-state index in [9.17, 15) is 9.90 Å². The molecule has 8 heteroatoms. The van der Waals surface area contributed by atoms with E-state index in [2.05, 4.69) is 34.1 Å². The predicted octanol–water partition coefficient (Wildman–Crippen LogP) is 2.78. The number of fused-ring (bicyclic) bond motifs is 1. The topological polar surface area (TPSA) is 100 Å². The molecular formula is C18H22N4O3S. The number of nitrogens with one attached hydrogen (secondary N) is 2. The molecule has 26 heavy (non-hydrogen) atoms. The number of benzene rings is 1. The van der Waals surface area contributed by atoms with E-state index in [0.717, 1.165) is 23.3 Å². The van der Waals surface area contributed by atoms with Gasteiger partial charge in [-0.05, 0) is 17.9 Å². The Hall–Kier alpha value is -2.45. The van der Waals surface area contributed by atoms with Crippen LogP contribution in [0, 0.1) is 5.92 Å². The van der Waals surface area contributed by atoms with Gasteiger partial charge in [-0.25, -0.2) is 0 Å². The monoisotopic (exact) mass is 374 g/mol. The maximum Gasteiger partial charge on any atom is 0.320 e. The standard InChI is InChI=1S/C18H22N4O3S/c1-11(2)8-13(9-23)19-15-14-16(22-18(24)26-14)21-17(20-15)25-10-12-6-4-3-5-7-12/h3-7,11,13,23H,8-10H2,1-2H3,(H2,19,20,21,22,24). The largest absolute Gasteiger partial charge is 0.458 e. The van der Waals surface area contributed by atoms with Crippen molar-refractivity contribution in [3.8, 4) is 6.01 Å². The average molecular weight is 374 g/mol. The van der Waals surface area contributed by atoms with Crippen molar-refractivity contribution in [1.29, 1.82) is 0 Å². The van der Waals surface area contributed by atoms with Gasteiger partial charge in [0.25, 0.3) is 0 Å². The second-order valence-electron chi connectivity index (χ2n) is 6.47. The van der Waals surface area contributed by atoms with Crippen molar-refractivity contribution >= 4 is 27.5 Å². The number of thiazole rings is 1. The summed E-state index contributed by atoms with van der Waals surface area (Å²) in [4.78, 5) is 22.9. The highest BCUT2D eigenvalue weighted by molar-refractivity contribution is 7.16. The molecule has 0 aliphatic carbocycles. The van der Waals surface area contributed by atoms with E-state index < -0.39 is 0 Å². The first kappa shape index (κ1) is 18.3. The van der Waals surface area contributed by atoms with E-state index >= 15 is 0 Å². The maximum absolute atomic E-state index is 11.7. The summed E-state index contributed by atoms with van der Waals surface area (Å²) >= 11 is 1.04. The van der Waals surface area contributed by atoms with Gasteiger partial charge in [0.1, 0.15) is 11.3 Å². The van der Waals surface area contributed by atoms with Gasteiger partial charge in [0.2, 0.25) is 0 Å². The van der Waals surface area contributed by atoms with Crippen LogP contribution in [-0.2, 0) is 6.61 Å². The molecule has 1 unspecified atom stereocenters. The van der Waals surface area contributed by atoms with Crippen molar-refractivity contribution in [2.24, 2.45) is 5.92 Å². The van der Waals surface area contributed by atoms with Crippen molar-refractivity contribution in [1.82, 2.24) is 15.0 Å². The Morgan fingerprint density at radius 2 is 2.04 bits per heavy atom.